The van der Waals surface area contributed by atoms with Crippen LogP contribution in [0.2, 0.25) is 10.0 Å². The first-order chi connectivity index (χ1) is 11.0. The van der Waals surface area contributed by atoms with E-state index in [0.29, 0.717) is 33.8 Å². The lowest BCUT2D eigenvalue weighted by molar-refractivity contribution is -0.114. The third-order valence-electron chi connectivity index (χ3n) is 2.88. The van der Waals surface area contributed by atoms with Crippen LogP contribution in [0.5, 0.6) is 5.75 Å². The molecule has 0 spiro atoms. The van der Waals surface area contributed by atoms with Gasteiger partial charge in [-0.05, 0) is 47.1 Å². The highest BCUT2D eigenvalue weighted by atomic mass is 79.9. The number of hydrogen-bond donors (Lipinski definition) is 2. The van der Waals surface area contributed by atoms with E-state index in [-0.39, 0.29) is 12.5 Å². The lowest BCUT2D eigenvalue weighted by Crippen LogP contribution is -2.22. The van der Waals surface area contributed by atoms with Crippen molar-refractivity contribution in [1.82, 2.24) is 0 Å². The number of halogens is 3. The van der Waals surface area contributed by atoms with Crippen molar-refractivity contribution in [2.24, 2.45) is 0 Å². The fourth-order valence-corrected chi connectivity index (χ4v) is 3.02. The number of nitrogens with one attached hydrogen (secondary N) is 2. The van der Waals surface area contributed by atoms with Gasteiger partial charge in [0.2, 0.25) is 5.91 Å². The molecule has 122 valence electrons. The summed E-state index contributed by atoms with van der Waals surface area (Å²) in [4.78, 5) is 12.1. The van der Waals surface area contributed by atoms with Gasteiger partial charge >= 0.3 is 0 Å². The molecule has 23 heavy (non-hydrogen) atoms. The maximum Gasteiger partial charge on any atom is 0.243 e. The summed E-state index contributed by atoms with van der Waals surface area (Å²) in [5.41, 5.74) is 1.21. The minimum absolute atomic E-state index is 0.0537. The maximum atomic E-state index is 12.1. The summed E-state index contributed by atoms with van der Waals surface area (Å²) in [5, 5.41) is 6.79. The molecule has 4 nitrogen and oxygen atoms in total. The zero-order valence-corrected chi connectivity index (χ0v) is 15.4. The van der Waals surface area contributed by atoms with Crippen molar-refractivity contribution < 1.29 is 9.53 Å². The Kier molecular flexibility index (Phi) is 6.57. The van der Waals surface area contributed by atoms with Crippen LogP contribution in [0.3, 0.4) is 0 Å². The molecule has 2 rings (SSSR count). The summed E-state index contributed by atoms with van der Waals surface area (Å²) in [6, 6.07) is 10.5. The normalized spacial score (nSPS) is 10.3. The molecule has 0 saturated heterocycles. The van der Waals surface area contributed by atoms with E-state index >= 15 is 0 Å². The number of amides is 1. The van der Waals surface area contributed by atoms with Crippen LogP contribution in [0.1, 0.15) is 6.92 Å². The summed E-state index contributed by atoms with van der Waals surface area (Å²) >= 11 is 15.5. The molecule has 0 radical (unpaired) electrons. The number of anilines is 2. The van der Waals surface area contributed by atoms with Gasteiger partial charge in [0, 0.05) is 5.02 Å². The van der Waals surface area contributed by atoms with Crippen molar-refractivity contribution in [3.05, 3.63) is 50.9 Å². The van der Waals surface area contributed by atoms with Gasteiger partial charge in [0.25, 0.3) is 0 Å². The Morgan fingerprint density at radius 3 is 2.65 bits per heavy atom. The van der Waals surface area contributed by atoms with E-state index in [9.17, 15) is 4.79 Å². The molecule has 7 heteroatoms. The quantitative estimate of drug-likeness (QED) is 0.678. The maximum absolute atomic E-state index is 12.1. The Hall–Kier alpha value is -1.43. The van der Waals surface area contributed by atoms with Crippen LogP contribution in [0.25, 0.3) is 0 Å². The highest BCUT2D eigenvalue weighted by molar-refractivity contribution is 9.10. The Balaban J connectivity index is 2.05. The van der Waals surface area contributed by atoms with Crippen LogP contribution >= 0.6 is 39.1 Å². The number of carbonyl (C=O) groups is 1. The van der Waals surface area contributed by atoms with E-state index < -0.39 is 0 Å². The molecule has 0 unspecified atom stereocenters. The fraction of sp³-hybridized carbons (Fsp3) is 0.188. The van der Waals surface area contributed by atoms with Crippen molar-refractivity contribution >= 4 is 56.4 Å². The van der Waals surface area contributed by atoms with Gasteiger partial charge in [-0.15, -0.1) is 0 Å². The first-order valence-corrected chi connectivity index (χ1v) is 8.46. The van der Waals surface area contributed by atoms with E-state index in [1.165, 1.54) is 0 Å². The van der Waals surface area contributed by atoms with E-state index in [0.717, 1.165) is 4.47 Å². The predicted octanol–water partition coefficient (Wildman–Crippen LogP) is 5.21. The Labute approximate surface area is 153 Å². The lowest BCUT2D eigenvalue weighted by Gasteiger charge is -2.15. The Morgan fingerprint density at radius 1 is 1.22 bits per heavy atom. The number of benzene rings is 2. The average molecular weight is 418 g/mol. The Morgan fingerprint density at radius 2 is 1.96 bits per heavy atom. The molecule has 0 aromatic heterocycles. The van der Waals surface area contributed by atoms with E-state index in [1.807, 2.05) is 6.92 Å². The molecule has 0 saturated carbocycles. The van der Waals surface area contributed by atoms with Crippen molar-refractivity contribution in [3.8, 4) is 5.75 Å². The van der Waals surface area contributed by atoms with Crippen LogP contribution in [0, 0.1) is 0 Å². The van der Waals surface area contributed by atoms with E-state index in [4.69, 9.17) is 27.9 Å². The minimum Gasteiger partial charge on any atom is -0.491 e. The van der Waals surface area contributed by atoms with Gasteiger partial charge < -0.3 is 15.4 Å². The number of carbonyl (C=O) groups excluding carboxylic acids is 1. The van der Waals surface area contributed by atoms with Gasteiger partial charge in [-0.1, -0.05) is 35.3 Å². The van der Waals surface area contributed by atoms with Crippen LogP contribution < -0.4 is 15.4 Å². The van der Waals surface area contributed by atoms with Crippen molar-refractivity contribution in [2.45, 2.75) is 6.92 Å². The Bertz CT molecular complexity index is 710. The van der Waals surface area contributed by atoms with Crippen molar-refractivity contribution in [3.63, 3.8) is 0 Å². The topological polar surface area (TPSA) is 50.4 Å². The molecule has 0 aliphatic rings. The number of ether oxygens (including phenoxy) is 1. The van der Waals surface area contributed by atoms with Gasteiger partial charge in [-0.25, -0.2) is 0 Å². The molecular formula is C16H15BrCl2N2O2. The second-order valence-corrected chi connectivity index (χ2v) is 6.28. The van der Waals surface area contributed by atoms with Gasteiger partial charge in [0.15, 0.2) is 5.75 Å². The third-order valence-corrected chi connectivity index (χ3v) is 4.02. The molecule has 0 aliphatic heterocycles. The zero-order chi connectivity index (χ0) is 16.8. The molecule has 2 N–H and O–H groups in total. The summed E-state index contributed by atoms with van der Waals surface area (Å²) < 4.78 is 6.29. The van der Waals surface area contributed by atoms with Gasteiger partial charge in [-0.2, -0.15) is 0 Å². The predicted molar refractivity (Wildman–Crippen MR) is 98.9 cm³/mol. The minimum atomic E-state index is -0.225. The number of rotatable bonds is 6. The first kappa shape index (κ1) is 17.9. The van der Waals surface area contributed by atoms with E-state index in [2.05, 4.69) is 26.6 Å². The van der Waals surface area contributed by atoms with Crippen molar-refractivity contribution in [2.75, 3.05) is 23.8 Å². The molecular weight excluding hydrogens is 403 g/mol. The molecule has 0 heterocycles. The van der Waals surface area contributed by atoms with Crippen LogP contribution in [0.4, 0.5) is 11.4 Å². The molecule has 0 atom stereocenters. The third kappa shape index (κ3) is 5.03. The average Bonchev–Trinajstić information content (AvgIpc) is 2.50. The smallest absolute Gasteiger partial charge is 0.243 e. The van der Waals surface area contributed by atoms with Crippen LogP contribution in [0.15, 0.2) is 40.9 Å². The summed E-state index contributed by atoms with van der Waals surface area (Å²) in [7, 11) is 0. The highest BCUT2D eigenvalue weighted by Crippen LogP contribution is 2.36. The zero-order valence-electron chi connectivity index (χ0n) is 12.3. The molecule has 2 aromatic carbocycles. The lowest BCUT2D eigenvalue weighted by atomic mass is 10.3. The molecule has 0 aliphatic carbocycles. The first-order valence-electron chi connectivity index (χ1n) is 6.91. The van der Waals surface area contributed by atoms with Crippen molar-refractivity contribution in [1.29, 1.82) is 0 Å². The van der Waals surface area contributed by atoms with Gasteiger partial charge in [-0.3, -0.25) is 4.79 Å². The second-order valence-electron chi connectivity index (χ2n) is 4.58. The van der Waals surface area contributed by atoms with Gasteiger partial charge in [0.05, 0.1) is 34.0 Å². The van der Waals surface area contributed by atoms with E-state index in [1.54, 1.807) is 36.4 Å². The molecule has 1 amide bonds. The highest BCUT2D eigenvalue weighted by Gasteiger charge is 2.12. The van der Waals surface area contributed by atoms with Gasteiger partial charge in [0.1, 0.15) is 0 Å². The second kappa shape index (κ2) is 8.43. The summed E-state index contributed by atoms with van der Waals surface area (Å²) in [6.45, 7) is 2.44. The van der Waals surface area contributed by atoms with Crippen LogP contribution in [-0.4, -0.2) is 19.1 Å². The standard InChI is InChI=1S/C16H15BrCl2N2O2/c1-2-23-16-11(17)7-10(18)8-14(16)20-9-15(22)21-13-6-4-3-5-12(13)19/h3-8,20H,2,9H2,1H3,(H,21,22). The number of hydrogen-bond acceptors (Lipinski definition) is 3. The SMILES string of the molecule is CCOc1c(Br)cc(Cl)cc1NCC(=O)Nc1ccccc1Cl. The summed E-state index contributed by atoms with van der Waals surface area (Å²) in [5.74, 6) is 0.388. The molecule has 0 bridgehead atoms. The largest absolute Gasteiger partial charge is 0.491 e. The summed E-state index contributed by atoms with van der Waals surface area (Å²) in [6.07, 6.45) is 0. The number of para-hydroxylation sites is 1. The molecule has 2 aromatic rings. The molecule has 0 fully saturated rings. The van der Waals surface area contributed by atoms with Crippen LogP contribution in [-0.2, 0) is 4.79 Å². The monoisotopic (exact) mass is 416 g/mol. The fourth-order valence-electron chi connectivity index (χ4n) is 1.92.